The minimum Gasteiger partial charge on any atom is -0.492 e. The van der Waals surface area contributed by atoms with Crippen LogP contribution >= 0.6 is 0 Å². The SMILES string of the molecule is CC1C(CN2CCCC[C@@H]2COc2ccc3c(c2)CN(C2CCC(=O)NC2=O)C3=O)N=CN1CC(=O)O. The van der Waals surface area contributed by atoms with Crippen molar-refractivity contribution < 1.29 is 29.0 Å². The predicted octanol–water partition coefficient (Wildman–Crippen LogP) is 0.867. The molecule has 11 nitrogen and oxygen atoms in total. The highest BCUT2D eigenvalue weighted by molar-refractivity contribution is 6.05. The molecule has 1 aromatic carbocycles. The summed E-state index contributed by atoms with van der Waals surface area (Å²) < 4.78 is 6.20. The van der Waals surface area contributed by atoms with Crippen molar-refractivity contribution in [2.24, 2.45) is 4.99 Å². The lowest BCUT2D eigenvalue weighted by Gasteiger charge is -2.37. The summed E-state index contributed by atoms with van der Waals surface area (Å²) >= 11 is 0. The largest absolute Gasteiger partial charge is 0.492 e. The van der Waals surface area contributed by atoms with Gasteiger partial charge in [-0.3, -0.25) is 34.4 Å². The number of hydrogen-bond acceptors (Lipinski definition) is 8. The minimum atomic E-state index is -0.862. The van der Waals surface area contributed by atoms with Crippen LogP contribution in [0.15, 0.2) is 23.2 Å². The summed E-state index contributed by atoms with van der Waals surface area (Å²) in [7, 11) is 0. The van der Waals surface area contributed by atoms with Gasteiger partial charge in [0.25, 0.3) is 5.91 Å². The van der Waals surface area contributed by atoms with Crippen molar-refractivity contribution in [3.63, 3.8) is 0 Å². The van der Waals surface area contributed by atoms with E-state index in [-0.39, 0.29) is 42.9 Å². The smallest absolute Gasteiger partial charge is 0.323 e. The van der Waals surface area contributed by atoms with Crippen LogP contribution in [0, 0.1) is 0 Å². The van der Waals surface area contributed by atoms with Gasteiger partial charge in [-0.25, -0.2) is 0 Å². The molecule has 0 radical (unpaired) electrons. The Labute approximate surface area is 215 Å². The molecule has 4 aliphatic rings. The maximum atomic E-state index is 12.9. The van der Waals surface area contributed by atoms with Crippen LogP contribution in [0.3, 0.4) is 0 Å². The summed E-state index contributed by atoms with van der Waals surface area (Å²) in [6.07, 6.45) is 5.46. The quantitative estimate of drug-likeness (QED) is 0.492. The zero-order chi connectivity index (χ0) is 26.1. The molecule has 2 saturated heterocycles. The molecule has 4 heterocycles. The van der Waals surface area contributed by atoms with Crippen LogP contribution in [0.2, 0.25) is 0 Å². The van der Waals surface area contributed by atoms with E-state index >= 15 is 0 Å². The van der Waals surface area contributed by atoms with Gasteiger partial charge in [0.1, 0.15) is 24.9 Å². The second kappa shape index (κ2) is 10.5. The Morgan fingerprint density at radius 3 is 2.84 bits per heavy atom. The highest BCUT2D eigenvalue weighted by atomic mass is 16.5. The summed E-state index contributed by atoms with van der Waals surface area (Å²) in [5.74, 6) is -1.10. The number of carbonyl (C=O) groups is 4. The highest BCUT2D eigenvalue weighted by Gasteiger charge is 2.39. The molecule has 2 N–H and O–H groups in total. The molecule has 3 amide bonds. The molecule has 0 saturated carbocycles. The van der Waals surface area contributed by atoms with Gasteiger partial charge in [-0.05, 0) is 56.5 Å². The third-order valence-electron chi connectivity index (χ3n) is 7.91. The fourth-order valence-corrected chi connectivity index (χ4v) is 5.73. The van der Waals surface area contributed by atoms with Gasteiger partial charge in [-0.15, -0.1) is 0 Å². The Hall–Kier alpha value is -3.47. The van der Waals surface area contributed by atoms with Gasteiger partial charge in [0.15, 0.2) is 0 Å². The standard InChI is InChI=1S/C26H33N5O6/c1-16-21(27-15-30(16)13-24(33)34)12-29-9-3-2-4-18(29)14-37-19-5-6-20-17(10-19)11-31(26(20)36)22-7-8-23(32)28-25(22)35/h5-6,10,15-16,18,21-22H,2-4,7-9,11-14H2,1H3,(H,33,34)(H,28,32,35)/t16?,18-,21?,22?/m1/s1. The van der Waals surface area contributed by atoms with Gasteiger partial charge in [0.2, 0.25) is 11.8 Å². The number of rotatable bonds is 8. The molecule has 198 valence electrons. The molecule has 0 bridgehead atoms. The number of likely N-dealkylation sites (tertiary alicyclic amines) is 1. The molecule has 4 aliphatic heterocycles. The van der Waals surface area contributed by atoms with Crippen molar-refractivity contribution >= 4 is 30.0 Å². The summed E-state index contributed by atoms with van der Waals surface area (Å²) in [5.41, 5.74) is 1.38. The maximum absolute atomic E-state index is 12.9. The summed E-state index contributed by atoms with van der Waals surface area (Å²) in [5, 5.41) is 11.4. The third kappa shape index (κ3) is 5.31. The number of amides is 3. The molecule has 37 heavy (non-hydrogen) atoms. The number of imide groups is 1. The number of carboxylic acid groups (broad SMARTS) is 1. The molecule has 0 spiro atoms. The molecule has 0 aromatic heterocycles. The maximum Gasteiger partial charge on any atom is 0.323 e. The highest BCUT2D eigenvalue weighted by Crippen LogP contribution is 2.31. The molecular weight excluding hydrogens is 478 g/mol. The van der Waals surface area contributed by atoms with Crippen molar-refractivity contribution in [3.05, 3.63) is 29.3 Å². The number of ether oxygens (including phenoxy) is 1. The van der Waals surface area contributed by atoms with E-state index in [2.05, 4.69) is 15.2 Å². The zero-order valence-electron chi connectivity index (χ0n) is 21.0. The Morgan fingerprint density at radius 1 is 1.22 bits per heavy atom. The van der Waals surface area contributed by atoms with Crippen molar-refractivity contribution in [3.8, 4) is 5.75 Å². The van der Waals surface area contributed by atoms with Crippen LogP contribution in [0.1, 0.15) is 54.9 Å². The summed E-state index contributed by atoms with van der Waals surface area (Å²) in [6.45, 7) is 4.49. The average molecular weight is 512 g/mol. The van der Waals surface area contributed by atoms with E-state index in [4.69, 9.17) is 9.84 Å². The molecule has 0 aliphatic carbocycles. The van der Waals surface area contributed by atoms with Crippen molar-refractivity contribution in [1.29, 1.82) is 0 Å². The molecule has 4 atom stereocenters. The van der Waals surface area contributed by atoms with Crippen LogP contribution in [-0.4, -0.2) is 100 Å². The van der Waals surface area contributed by atoms with Gasteiger partial charge in [-0.1, -0.05) is 6.42 Å². The first-order chi connectivity index (χ1) is 17.8. The lowest BCUT2D eigenvalue weighted by molar-refractivity contribution is -0.138. The number of piperidine rings is 2. The number of carboxylic acids is 1. The van der Waals surface area contributed by atoms with E-state index in [9.17, 15) is 19.2 Å². The molecule has 2 fully saturated rings. The van der Waals surface area contributed by atoms with E-state index in [1.807, 2.05) is 13.0 Å². The molecule has 5 rings (SSSR count). The Kier molecular flexibility index (Phi) is 7.14. The van der Waals surface area contributed by atoms with E-state index in [0.717, 1.165) is 37.9 Å². The number of aliphatic imine (C=N–C) groups is 1. The van der Waals surface area contributed by atoms with Crippen LogP contribution in [-0.2, 0) is 20.9 Å². The molecular formula is C26H33N5O6. The van der Waals surface area contributed by atoms with Crippen molar-refractivity contribution in [2.75, 3.05) is 26.2 Å². The lowest BCUT2D eigenvalue weighted by Crippen LogP contribution is -2.52. The minimum absolute atomic E-state index is 0.0178. The first kappa shape index (κ1) is 25.2. The van der Waals surface area contributed by atoms with Gasteiger partial charge < -0.3 is 19.6 Å². The monoisotopic (exact) mass is 511 g/mol. The van der Waals surface area contributed by atoms with Gasteiger partial charge in [0.05, 0.1) is 18.4 Å². The van der Waals surface area contributed by atoms with Gasteiger partial charge >= 0.3 is 5.97 Å². The second-order valence-electron chi connectivity index (χ2n) is 10.3. The number of carbonyl (C=O) groups excluding carboxylic acids is 3. The average Bonchev–Trinajstić information content (AvgIpc) is 3.37. The number of nitrogens with one attached hydrogen (secondary N) is 1. The fourth-order valence-electron chi connectivity index (χ4n) is 5.73. The van der Waals surface area contributed by atoms with E-state index in [1.54, 1.807) is 23.4 Å². The van der Waals surface area contributed by atoms with E-state index in [1.165, 1.54) is 4.90 Å². The molecule has 1 aromatic rings. The van der Waals surface area contributed by atoms with Crippen LogP contribution in [0.25, 0.3) is 0 Å². The first-order valence-corrected chi connectivity index (χ1v) is 13.0. The number of hydrogen-bond donors (Lipinski definition) is 2. The van der Waals surface area contributed by atoms with Crippen LogP contribution in [0.5, 0.6) is 5.75 Å². The zero-order valence-corrected chi connectivity index (χ0v) is 21.0. The van der Waals surface area contributed by atoms with Crippen LogP contribution in [0.4, 0.5) is 0 Å². The Morgan fingerprint density at radius 2 is 2.05 bits per heavy atom. The Bertz CT molecular complexity index is 1120. The predicted molar refractivity (Wildman–Crippen MR) is 133 cm³/mol. The number of fused-ring (bicyclic) bond motifs is 1. The fraction of sp³-hybridized carbons (Fsp3) is 0.577. The number of nitrogens with zero attached hydrogens (tertiary/aromatic N) is 4. The van der Waals surface area contributed by atoms with Crippen LogP contribution < -0.4 is 10.1 Å². The second-order valence-corrected chi connectivity index (χ2v) is 10.3. The topological polar surface area (TPSA) is 132 Å². The van der Waals surface area contributed by atoms with Gasteiger partial charge in [-0.2, -0.15) is 0 Å². The van der Waals surface area contributed by atoms with Gasteiger partial charge in [0, 0.05) is 31.1 Å². The third-order valence-corrected chi connectivity index (χ3v) is 7.91. The molecule has 11 heteroatoms. The number of aliphatic carboxylic acids is 1. The summed E-state index contributed by atoms with van der Waals surface area (Å²) in [4.78, 5) is 58.1. The summed E-state index contributed by atoms with van der Waals surface area (Å²) in [6, 6.07) is 5.06. The number of benzene rings is 1. The normalized spacial score (nSPS) is 28.0. The van der Waals surface area contributed by atoms with Crippen molar-refractivity contribution in [1.82, 2.24) is 20.0 Å². The van der Waals surface area contributed by atoms with E-state index < -0.39 is 17.9 Å². The van der Waals surface area contributed by atoms with E-state index in [0.29, 0.717) is 30.9 Å². The molecule has 3 unspecified atom stereocenters. The first-order valence-electron chi connectivity index (χ1n) is 13.0. The van der Waals surface area contributed by atoms with Crippen molar-refractivity contribution in [2.45, 2.75) is 69.7 Å². The Balaban J connectivity index is 1.19. The lowest BCUT2D eigenvalue weighted by atomic mass is 10.0.